The van der Waals surface area contributed by atoms with E-state index in [1.165, 1.54) is 27.7 Å². The van der Waals surface area contributed by atoms with Crippen molar-refractivity contribution in [2.75, 3.05) is 19.7 Å². The molecule has 3 fully saturated rings. The molecule has 18 heteroatoms. The van der Waals surface area contributed by atoms with Gasteiger partial charge in [0.1, 0.15) is 18.6 Å². The maximum atomic E-state index is 13.4. The molecule has 17 nitrogen and oxygen atoms in total. The van der Waals surface area contributed by atoms with Crippen LogP contribution in [0.25, 0.3) is 0 Å². The molecular formula is C24H35N11O6S. The molecular weight excluding hydrogens is 570 g/mol. The van der Waals surface area contributed by atoms with Crippen molar-refractivity contribution in [1.29, 1.82) is 0 Å². The van der Waals surface area contributed by atoms with Crippen LogP contribution < -0.4 is 22.1 Å². The minimum absolute atomic E-state index is 0.0410. The Bertz CT molecular complexity index is 1300. The minimum Gasteiger partial charge on any atom is -0.477 e. The lowest BCUT2D eigenvalue weighted by Gasteiger charge is -2.47. The quantitative estimate of drug-likeness (QED) is 0.0868. The van der Waals surface area contributed by atoms with Gasteiger partial charge in [0.05, 0.1) is 36.7 Å². The molecule has 228 valence electrons. The summed E-state index contributed by atoms with van der Waals surface area (Å²) in [5.74, 6) is -3.02. The first-order valence-electron chi connectivity index (χ1n) is 13.7. The monoisotopic (exact) mass is 605 g/mol. The molecule has 1 unspecified atom stereocenters. The van der Waals surface area contributed by atoms with E-state index in [1.54, 1.807) is 11.8 Å². The predicted molar refractivity (Wildman–Crippen MR) is 148 cm³/mol. The number of rotatable bonds is 10. The Hall–Kier alpha value is -3.77. The van der Waals surface area contributed by atoms with E-state index in [0.717, 1.165) is 0 Å². The lowest BCUT2D eigenvalue weighted by Crippen LogP contribution is -2.66. The number of tetrazole rings is 1. The first kappa shape index (κ1) is 29.7. The first-order valence-corrected chi connectivity index (χ1v) is 14.6. The van der Waals surface area contributed by atoms with Gasteiger partial charge in [-0.1, -0.05) is 6.92 Å². The van der Waals surface area contributed by atoms with Gasteiger partial charge in [0.15, 0.2) is 5.96 Å². The molecule has 4 aliphatic heterocycles. The van der Waals surface area contributed by atoms with Crippen molar-refractivity contribution < 1.29 is 29.4 Å². The number of carbonyl (C=O) groups excluding carboxylic acids is 3. The van der Waals surface area contributed by atoms with Gasteiger partial charge in [-0.25, -0.2) is 14.5 Å². The van der Waals surface area contributed by atoms with Gasteiger partial charge >= 0.3 is 5.97 Å². The molecule has 3 amide bonds. The molecule has 0 radical (unpaired) electrons. The number of aliphatic carboxylic acids is 1. The van der Waals surface area contributed by atoms with Crippen molar-refractivity contribution in [2.45, 2.75) is 68.7 Å². The first-order chi connectivity index (χ1) is 20.0. The van der Waals surface area contributed by atoms with E-state index in [-0.39, 0.29) is 59.7 Å². The molecule has 42 heavy (non-hydrogen) atoms. The second-order valence-corrected chi connectivity index (χ2v) is 12.4. The zero-order valence-corrected chi connectivity index (χ0v) is 24.0. The fourth-order valence-corrected chi connectivity index (χ4v) is 7.96. The Labute approximate surface area is 245 Å². The summed E-state index contributed by atoms with van der Waals surface area (Å²) in [7, 11) is 0. The number of likely N-dealkylation sites (tertiary alicyclic amines) is 1. The highest BCUT2D eigenvalue weighted by Crippen LogP contribution is 2.52. The molecule has 8 N–H and O–H groups in total. The number of nitrogens with zero attached hydrogens (tertiary/aromatic N) is 7. The Kier molecular flexibility index (Phi) is 8.38. The number of hydrogen-bond acceptors (Lipinski definition) is 11. The number of carbonyl (C=O) groups is 4. The molecule has 0 aliphatic carbocycles. The summed E-state index contributed by atoms with van der Waals surface area (Å²) in [5, 5.41) is 36.5. The maximum absolute atomic E-state index is 13.4. The van der Waals surface area contributed by atoms with Gasteiger partial charge in [0, 0.05) is 35.2 Å². The number of fused-ring (bicyclic) bond motifs is 1. The van der Waals surface area contributed by atoms with Crippen LogP contribution in [-0.4, -0.2) is 125 Å². The Morgan fingerprint density at radius 1 is 1.31 bits per heavy atom. The normalized spacial score (nSPS) is 31.1. The van der Waals surface area contributed by atoms with E-state index in [2.05, 4.69) is 31.2 Å². The molecule has 4 aliphatic rings. The van der Waals surface area contributed by atoms with Crippen molar-refractivity contribution in [2.24, 2.45) is 28.3 Å². The van der Waals surface area contributed by atoms with Gasteiger partial charge < -0.3 is 42.1 Å². The number of amides is 3. The number of aliphatic hydroxyl groups excluding tert-OH is 1. The largest absolute Gasteiger partial charge is 0.477 e. The van der Waals surface area contributed by atoms with Gasteiger partial charge in [-0.2, -0.15) is 0 Å². The van der Waals surface area contributed by atoms with Gasteiger partial charge in [-0.15, -0.1) is 16.9 Å². The highest BCUT2D eigenvalue weighted by molar-refractivity contribution is 8.03. The van der Waals surface area contributed by atoms with E-state index >= 15 is 0 Å². The van der Waals surface area contributed by atoms with E-state index in [4.69, 9.17) is 11.5 Å². The number of β-lactam (4-membered cyclic amide) rings is 1. The van der Waals surface area contributed by atoms with Crippen LogP contribution in [0.1, 0.15) is 26.7 Å². The van der Waals surface area contributed by atoms with Gasteiger partial charge in [0.25, 0.3) is 0 Å². The molecule has 1 aromatic heterocycles. The lowest BCUT2D eigenvalue weighted by molar-refractivity contribution is -0.158. The SMILES string of the molecule is CC(NC(=O)Cn1cnnn1)[C@H]1C(=O)N2C(C(=O)O)=C(S[C@@H]3CN[C@H](C(=O)N4C[C@@H](N=C(N)N)C[C@H]4CO)C3)[C@H](C)[C@H]12. The van der Waals surface area contributed by atoms with Crippen LogP contribution in [-0.2, 0) is 25.7 Å². The highest BCUT2D eigenvalue weighted by atomic mass is 32.2. The Balaban J connectivity index is 1.23. The number of hydrogen-bond donors (Lipinski definition) is 6. The third-order valence-corrected chi connectivity index (χ3v) is 9.83. The summed E-state index contributed by atoms with van der Waals surface area (Å²) in [6.45, 7) is 4.06. The van der Waals surface area contributed by atoms with E-state index < -0.39 is 36.1 Å². The molecule has 3 saturated heterocycles. The van der Waals surface area contributed by atoms with E-state index in [0.29, 0.717) is 30.8 Å². The summed E-state index contributed by atoms with van der Waals surface area (Å²) >= 11 is 1.37. The zero-order valence-electron chi connectivity index (χ0n) is 23.2. The van der Waals surface area contributed by atoms with Gasteiger partial charge in [-0.3, -0.25) is 14.4 Å². The smallest absolute Gasteiger partial charge is 0.353 e. The fourth-order valence-electron chi connectivity index (χ4n) is 6.49. The zero-order chi connectivity index (χ0) is 30.3. The van der Waals surface area contributed by atoms with E-state index in [1.807, 2.05) is 6.92 Å². The predicted octanol–water partition coefficient (Wildman–Crippen LogP) is -3.35. The molecule has 5 rings (SSSR count). The number of thioether (sulfide) groups is 1. The summed E-state index contributed by atoms with van der Waals surface area (Å²) in [4.78, 5) is 59.0. The summed E-state index contributed by atoms with van der Waals surface area (Å²) < 4.78 is 1.26. The molecule has 1 aromatic rings. The molecule has 0 aromatic carbocycles. The number of carboxylic acid groups (broad SMARTS) is 1. The molecule has 0 bridgehead atoms. The third-order valence-electron chi connectivity index (χ3n) is 8.32. The fraction of sp³-hybridized carbons (Fsp3) is 0.667. The van der Waals surface area contributed by atoms with Crippen LogP contribution in [0.3, 0.4) is 0 Å². The van der Waals surface area contributed by atoms with Crippen molar-refractivity contribution in [3.63, 3.8) is 0 Å². The number of carboxylic acids is 1. The van der Waals surface area contributed by atoms with Crippen LogP contribution >= 0.6 is 11.8 Å². The maximum Gasteiger partial charge on any atom is 0.353 e. The number of nitrogens with one attached hydrogen (secondary N) is 2. The summed E-state index contributed by atoms with van der Waals surface area (Å²) in [5.41, 5.74) is 11.0. The van der Waals surface area contributed by atoms with E-state index in [9.17, 15) is 29.4 Å². The second-order valence-electron chi connectivity index (χ2n) is 11.1. The summed E-state index contributed by atoms with van der Waals surface area (Å²) in [6, 6.07) is -2.14. The number of guanidine groups is 1. The second kappa shape index (κ2) is 11.8. The molecule has 0 spiro atoms. The van der Waals surface area contributed by atoms with Gasteiger partial charge in [-0.05, 0) is 30.2 Å². The average Bonchev–Trinajstić information content (AvgIpc) is 3.71. The van der Waals surface area contributed by atoms with Crippen LogP contribution in [0.4, 0.5) is 0 Å². The molecule has 8 atom stereocenters. The molecule has 5 heterocycles. The Morgan fingerprint density at radius 3 is 2.71 bits per heavy atom. The van der Waals surface area contributed by atoms with Gasteiger partial charge in [0.2, 0.25) is 17.7 Å². The highest BCUT2D eigenvalue weighted by Gasteiger charge is 2.60. The molecule has 0 saturated carbocycles. The number of aliphatic imine (C=N–C) groups is 1. The number of aromatic nitrogens is 4. The summed E-state index contributed by atoms with van der Waals surface area (Å²) in [6.07, 6.45) is 2.21. The third kappa shape index (κ3) is 5.52. The minimum atomic E-state index is -1.19. The van der Waals surface area contributed by atoms with Crippen molar-refractivity contribution >= 4 is 41.4 Å². The van der Waals surface area contributed by atoms with Crippen LogP contribution in [0.15, 0.2) is 21.9 Å². The topological polar surface area (TPSA) is 247 Å². The van der Waals surface area contributed by atoms with Crippen molar-refractivity contribution in [3.05, 3.63) is 16.9 Å². The Morgan fingerprint density at radius 2 is 2.07 bits per heavy atom. The number of aliphatic hydroxyl groups is 1. The van der Waals surface area contributed by atoms with Crippen LogP contribution in [0.5, 0.6) is 0 Å². The van der Waals surface area contributed by atoms with Crippen LogP contribution in [0.2, 0.25) is 0 Å². The lowest BCUT2D eigenvalue weighted by atomic mass is 9.78. The van der Waals surface area contributed by atoms with Crippen molar-refractivity contribution in [1.82, 2.24) is 40.6 Å². The standard InChI is InChI=1S/C24H35N11O6S/c1-10-18-17(11(2)29-16(37)7-33-9-28-31-32-33)22(39)35(18)19(23(40)41)20(10)42-14-4-15(27-5-14)21(38)34-6-12(30-24(25)26)3-13(34)8-36/h9-15,17-18,27,36H,3-8H2,1-2H3,(H,29,37)(H,40,41)(H4,25,26,30)/t10-,11?,12+,13+,14+,15+,17-,18-/m1/s1. The van der Waals surface area contributed by atoms with Crippen LogP contribution in [0, 0.1) is 11.8 Å². The number of nitrogens with two attached hydrogens (primary N) is 2. The average molecular weight is 606 g/mol. The van der Waals surface area contributed by atoms with Crippen molar-refractivity contribution in [3.8, 4) is 0 Å².